The number of carbonyl (C=O) groups is 1. The summed E-state index contributed by atoms with van der Waals surface area (Å²) in [6.07, 6.45) is 2.35. The van der Waals surface area contributed by atoms with Crippen molar-refractivity contribution in [1.82, 2.24) is 14.8 Å². The Morgan fingerprint density at radius 2 is 2.31 bits per heavy atom. The van der Waals surface area contributed by atoms with Crippen molar-refractivity contribution >= 4 is 11.8 Å². The lowest BCUT2D eigenvalue weighted by molar-refractivity contribution is 0.0698. The van der Waals surface area contributed by atoms with Crippen molar-refractivity contribution in [2.45, 2.75) is 0 Å². The molecule has 0 aliphatic heterocycles. The predicted octanol–water partition coefficient (Wildman–Crippen LogP) is 0.687. The van der Waals surface area contributed by atoms with Crippen molar-refractivity contribution in [1.29, 1.82) is 0 Å². The fraction of sp³-hybridized carbons (Fsp3) is 0. The van der Waals surface area contributed by atoms with Crippen LogP contribution in [0.4, 0.5) is 10.2 Å². The first-order valence-corrected chi connectivity index (χ1v) is 4.28. The van der Waals surface area contributed by atoms with Crippen LogP contribution in [-0.2, 0) is 0 Å². The lowest BCUT2D eigenvalue weighted by Gasteiger charge is -2.03. The van der Waals surface area contributed by atoms with Crippen LogP contribution in [-0.4, -0.2) is 25.8 Å². The van der Waals surface area contributed by atoms with E-state index in [1.54, 1.807) is 0 Å². The first-order valence-electron chi connectivity index (χ1n) is 4.28. The third-order valence-electron chi connectivity index (χ3n) is 1.99. The molecule has 0 spiro atoms. The number of carboxylic acids is 1. The number of pyridine rings is 1. The smallest absolute Gasteiger partial charge is 0.341 e. The number of nitrogens with two attached hydrogens (primary N) is 1. The third-order valence-corrected chi connectivity index (χ3v) is 1.99. The summed E-state index contributed by atoms with van der Waals surface area (Å²) in [4.78, 5) is 14.1. The molecule has 2 aromatic heterocycles. The molecule has 0 amide bonds. The summed E-state index contributed by atoms with van der Waals surface area (Å²) in [5, 5.41) is 12.5. The van der Waals surface area contributed by atoms with Gasteiger partial charge in [0.1, 0.15) is 11.4 Å². The Hall–Kier alpha value is -2.44. The molecule has 0 aliphatic rings. The summed E-state index contributed by atoms with van der Waals surface area (Å²) in [5.74, 6) is -1.93. The second-order valence-corrected chi connectivity index (χ2v) is 3.00. The van der Waals surface area contributed by atoms with Crippen molar-refractivity contribution in [3.05, 3.63) is 36.0 Å². The maximum absolute atomic E-state index is 12.8. The molecule has 7 heteroatoms. The van der Waals surface area contributed by atoms with Crippen LogP contribution < -0.4 is 5.73 Å². The number of rotatable bonds is 2. The Labute approximate surface area is 89.1 Å². The number of nitrogens with zero attached hydrogens (tertiary/aromatic N) is 3. The molecule has 0 radical (unpaired) electrons. The predicted molar refractivity (Wildman–Crippen MR) is 52.7 cm³/mol. The van der Waals surface area contributed by atoms with Gasteiger partial charge in [0, 0.05) is 12.3 Å². The Kier molecular flexibility index (Phi) is 2.28. The van der Waals surface area contributed by atoms with Gasteiger partial charge in [-0.2, -0.15) is 9.49 Å². The molecule has 2 rings (SSSR count). The number of hydrogen-bond donors (Lipinski definition) is 2. The minimum Gasteiger partial charge on any atom is -0.477 e. The molecular weight excluding hydrogens is 215 g/mol. The molecule has 0 aromatic carbocycles. The van der Waals surface area contributed by atoms with Gasteiger partial charge in [-0.3, -0.25) is 0 Å². The molecule has 3 N–H and O–H groups in total. The lowest BCUT2D eigenvalue weighted by Crippen LogP contribution is -2.06. The van der Waals surface area contributed by atoms with Crippen LogP contribution in [0.3, 0.4) is 0 Å². The number of hydrogen-bond acceptors (Lipinski definition) is 4. The number of nitrogen functional groups attached to an aromatic ring is 1. The topological polar surface area (TPSA) is 94.0 Å². The standard InChI is InChI=1S/C9H7FN4O2/c10-7-3-5(1-2-12-7)14-8(11)6(4-13-14)9(15)16/h1-4H,11H2,(H,15,16). The minimum atomic E-state index is -1.18. The summed E-state index contributed by atoms with van der Waals surface area (Å²) in [6, 6.07) is 2.58. The van der Waals surface area contributed by atoms with Gasteiger partial charge in [-0.15, -0.1) is 0 Å². The SMILES string of the molecule is Nc1c(C(=O)O)cnn1-c1ccnc(F)c1. The molecule has 0 saturated carbocycles. The van der Waals surface area contributed by atoms with Gasteiger partial charge in [-0.1, -0.05) is 0 Å². The number of aromatic nitrogens is 3. The monoisotopic (exact) mass is 222 g/mol. The van der Waals surface area contributed by atoms with Crippen LogP contribution in [0.2, 0.25) is 0 Å². The number of carboxylic acid groups (broad SMARTS) is 1. The van der Waals surface area contributed by atoms with Gasteiger partial charge in [-0.05, 0) is 6.07 Å². The second kappa shape index (κ2) is 3.61. The van der Waals surface area contributed by atoms with E-state index in [2.05, 4.69) is 10.1 Å². The highest BCUT2D eigenvalue weighted by molar-refractivity contribution is 5.92. The molecule has 0 aliphatic carbocycles. The molecule has 6 nitrogen and oxygen atoms in total. The first-order chi connectivity index (χ1) is 7.59. The summed E-state index contributed by atoms with van der Waals surface area (Å²) in [6.45, 7) is 0. The maximum atomic E-state index is 12.8. The highest BCUT2D eigenvalue weighted by Gasteiger charge is 2.14. The zero-order chi connectivity index (χ0) is 11.7. The van der Waals surface area contributed by atoms with Crippen LogP contribution in [0, 0.1) is 5.95 Å². The molecule has 2 aromatic rings. The van der Waals surface area contributed by atoms with Crippen LogP contribution in [0.1, 0.15) is 10.4 Å². The van der Waals surface area contributed by atoms with Crippen molar-refractivity contribution < 1.29 is 14.3 Å². The zero-order valence-corrected chi connectivity index (χ0v) is 7.96. The molecular formula is C9H7FN4O2. The maximum Gasteiger partial charge on any atom is 0.341 e. The number of aromatic carboxylic acids is 1. The molecule has 0 fully saturated rings. The average Bonchev–Trinajstić information content (AvgIpc) is 2.60. The van der Waals surface area contributed by atoms with E-state index in [0.717, 1.165) is 16.9 Å². The summed E-state index contributed by atoms with van der Waals surface area (Å²) >= 11 is 0. The van der Waals surface area contributed by atoms with Crippen LogP contribution >= 0.6 is 0 Å². The highest BCUT2D eigenvalue weighted by atomic mass is 19.1. The third kappa shape index (κ3) is 1.58. The quantitative estimate of drug-likeness (QED) is 0.729. The van der Waals surface area contributed by atoms with Gasteiger partial charge in [0.05, 0.1) is 11.9 Å². The summed E-state index contributed by atoms with van der Waals surface area (Å²) in [7, 11) is 0. The van der Waals surface area contributed by atoms with Crippen LogP contribution in [0.5, 0.6) is 0 Å². The number of halogens is 1. The first kappa shape index (κ1) is 10.1. The van der Waals surface area contributed by atoms with Gasteiger partial charge in [0.25, 0.3) is 0 Å². The molecule has 0 bridgehead atoms. The highest BCUT2D eigenvalue weighted by Crippen LogP contribution is 2.16. The summed E-state index contributed by atoms with van der Waals surface area (Å²) in [5.41, 5.74) is 5.75. The summed E-state index contributed by atoms with van der Waals surface area (Å²) < 4.78 is 14.0. The number of anilines is 1. The van der Waals surface area contributed by atoms with E-state index in [0.29, 0.717) is 5.69 Å². The molecule has 0 atom stereocenters. The van der Waals surface area contributed by atoms with Crippen molar-refractivity contribution in [3.63, 3.8) is 0 Å². The van der Waals surface area contributed by atoms with Gasteiger partial charge in [0.15, 0.2) is 0 Å². The van der Waals surface area contributed by atoms with Gasteiger partial charge in [-0.25, -0.2) is 14.5 Å². The van der Waals surface area contributed by atoms with E-state index in [9.17, 15) is 9.18 Å². The van der Waals surface area contributed by atoms with Crippen molar-refractivity contribution in [3.8, 4) is 5.69 Å². The van der Waals surface area contributed by atoms with Crippen LogP contribution in [0.25, 0.3) is 5.69 Å². The molecule has 0 unspecified atom stereocenters. The zero-order valence-electron chi connectivity index (χ0n) is 7.96. The Balaban J connectivity index is 2.53. The van der Waals surface area contributed by atoms with E-state index < -0.39 is 11.9 Å². The second-order valence-electron chi connectivity index (χ2n) is 3.00. The largest absolute Gasteiger partial charge is 0.477 e. The van der Waals surface area contributed by atoms with E-state index >= 15 is 0 Å². The Morgan fingerprint density at radius 3 is 2.88 bits per heavy atom. The lowest BCUT2D eigenvalue weighted by atomic mass is 10.3. The molecule has 16 heavy (non-hydrogen) atoms. The van der Waals surface area contributed by atoms with Gasteiger partial charge in [0.2, 0.25) is 5.95 Å². The van der Waals surface area contributed by atoms with E-state index in [1.807, 2.05) is 0 Å². The van der Waals surface area contributed by atoms with E-state index in [-0.39, 0.29) is 11.4 Å². The average molecular weight is 222 g/mol. The Morgan fingerprint density at radius 1 is 1.56 bits per heavy atom. The van der Waals surface area contributed by atoms with Crippen molar-refractivity contribution in [2.75, 3.05) is 5.73 Å². The van der Waals surface area contributed by atoms with E-state index in [1.165, 1.54) is 12.3 Å². The van der Waals surface area contributed by atoms with Gasteiger partial charge >= 0.3 is 5.97 Å². The van der Waals surface area contributed by atoms with Crippen LogP contribution in [0.15, 0.2) is 24.5 Å². The normalized spacial score (nSPS) is 10.3. The fourth-order valence-electron chi connectivity index (χ4n) is 1.25. The molecule has 0 saturated heterocycles. The van der Waals surface area contributed by atoms with Crippen molar-refractivity contribution in [2.24, 2.45) is 0 Å². The van der Waals surface area contributed by atoms with E-state index in [4.69, 9.17) is 10.8 Å². The fourth-order valence-corrected chi connectivity index (χ4v) is 1.25. The molecule has 2 heterocycles. The Bertz CT molecular complexity index is 552. The minimum absolute atomic E-state index is 0.0573. The molecule has 82 valence electrons. The van der Waals surface area contributed by atoms with Gasteiger partial charge < -0.3 is 10.8 Å².